The molecule has 0 unspecified atom stereocenters. The Hall–Kier alpha value is -2.39. The van der Waals surface area contributed by atoms with Crippen molar-refractivity contribution < 1.29 is 19.3 Å². The third-order valence-electron chi connectivity index (χ3n) is 4.53. The van der Waals surface area contributed by atoms with Gasteiger partial charge < -0.3 is 30.4 Å². The zero-order chi connectivity index (χ0) is 19.8. The molecule has 0 aliphatic carbocycles. The van der Waals surface area contributed by atoms with Crippen LogP contribution in [0, 0.1) is 0 Å². The molecule has 29 heavy (non-hydrogen) atoms. The monoisotopic (exact) mass is 422 g/mol. The SMILES string of the molecule is CCC[C@@H](CCO)Nc1nc(N)ncc1OCCCc1ccc2c(c1)OCO2.S. The van der Waals surface area contributed by atoms with E-state index < -0.39 is 0 Å². The first kappa shape index (κ1) is 22.9. The summed E-state index contributed by atoms with van der Waals surface area (Å²) in [6.07, 6.45) is 5.85. The highest BCUT2D eigenvalue weighted by Gasteiger charge is 2.15. The van der Waals surface area contributed by atoms with Crippen LogP contribution in [0.1, 0.15) is 38.2 Å². The maximum Gasteiger partial charge on any atom is 0.231 e. The number of nitrogen functional groups attached to an aromatic ring is 1. The Kier molecular flexibility index (Phi) is 9.14. The summed E-state index contributed by atoms with van der Waals surface area (Å²) in [7, 11) is 0. The van der Waals surface area contributed by atoms with Crippen LogP contribution in [0.25, 0.3) is 0 Å². The van der Waals surface area contributed by atoms with Crippen LogP contribution in [0.5, 0.6) is 17.2 Å². The van der Waals surface area contributed by atoms with E-state index >= 15 is 0 Å². The van der Waals surface area contributed by atoms with Gasteiger partial charge in [0.25, 0.3) is 0 Å². The Labute approximate surface area is 178 Å². The minimum absolute atomic E-state index is 0. The molecule has 4 N–H and O–H groups in total. The molecule has 0 saturated carbocycles. The Morgan fingerprint density at radius 1 is 1.28 bits per heavy atom. The fourth-order valence-electron chi connectivity index (χ4n) is 3.13. The number of rotatable bonds is 11. The topological polar surface area (TPSA) is 112 Å². The Morgan fingerprint density at radius 3 is 2.90 bits per heavy atom. The average Bonchev–Trinajstić information content (AvgIpc) is 3.15. The van der Waals surface area contributed by atoms with Crippen LogP contribution in [0.3, 0.4) is 0 Å². The molecular formula is C20H30N4O4S. The molecule has 1 aromatic carbocycles. The summed E-state index contributed by atoms with van der Waals surface area (Å²) in [6, 6.07) is 6.09. The summed E-state index contributed by atoms with van der Waals surface area (Å²) in [6.45, 7) is 3.02. The predicted molar refractivity (Wildman–Crippen MR) is 117 cm³/mol. The van der Waals surface area contributed by atoms with Gasteiger partial charge in [0.15, 0.2) is 23.1 Å². The van der Waals surface area contributed by atoms with Crippen molar-refractivity contribution >= 4 is 25.3 Å². The fourth-order valence-corrected chi connectivity index (χ4v) is 3.13. The molecule has 160 valence electrons. The lowest BCUT2D eigenvalue weighted by molar-refractivity contribution is 0.174. The molecule has 0 saturated heterocycles. The first-order valence-corrected chi connectivity index (χ1v) is 9.70. The highest BCUT2D eigenvalue weighted by atomic mass is 32.1. The molecule has 2 heterocycles. The van der Waals surface area contributed by atoms with Crippen molar-refractivity contribution in [3.63, 3.8) is 0 Å². The lowest BCUT2D eigenvalue weighted by atomic mass is 10.1. The molecule has 2 aromatic rings. The zero-order valence-electron chi connectivity index (χ0n) is 16.7. The average molecular weight is 423 g/mol. The predicted octanol–water partition coefficient (Wildman–Crippen LogP) is 2.87. The van der Waals surface area contributed by atoms with Gasteiger partial charge in [0, 0.05) is 12.6 Å². The number of hydrogen-bond acceptors (Lipinski definition) is 8. The second kappa shape index (κ2) is 11.6. The van der Waals surface area contributed by atoms with Crippen LogP contribution in [0.15, 0.2) is 24.4 Å². The van der Waals surface area contributed by atoms with Crippen LogP contribution < -0.4 is 25.3 Å². The highest BCUT2D eigenvalue weighted by molar-refractivity contribution is 7.59. The van der Waals surface area contributed by atoms with Crippen molar-refractivity contribution in [2.45, 2.75) is 45.1 Å². The second-order valence-corrected chi connectivity index (χ2v) is 6.72. The van der Waals surface area contributed by atoms with E-state index in [-0.39, 0.29) is 38.9 Å². The molecule has 3 rings (SSSR count). The quantitative estimate of drug-likeness (QED) is 0.474. The van der Waals surface area contributed by atoms with Gasteiger partial charge in [0.1, 0.15) is 0 Å². The van der Waals surface area contributed by atoms with Crippen molar-refractivity contribution in [1.82, 2.24) is 9.97 Å². The molecule has 0 fully saturated rings. The van der Waals surface area contributed by atoms with E-state index in [1.54, 1.807) is 6.20 Å². The fraction of sp³-hybridized carbons (Fsp3) is 0.500. The molecular weight excluding hydrogens is 392 g/mol. The molecule has 0 radical (unpaired) electrons. The Morgan fingerprint density at radius 2 is 2.10 bits per heavy atom. The third-order valence-corrected chi connectivity index (χ3v) is 4.53. The zero-order valence-corrected chi connectivity index (χ0v) is 17.7. The van der Waals surface area contributed by atoms with Crippen LogP contribution in [-0.4, -0.2) is 41.1 Å². The number of benzene rings is 1. The van der Waals surface area contributed by atoms with Crippen molar-refractivity contribution in [3.8, 4) is 17.2 Å². The minimum Gasteiger partial charge on any atom is -0.488 e. The summed E-state index contributed by atoms with van der Waals surface area (Å²) in [4.78, 5) is 8.31. The van der Waals surface area contributed by atoms with Gasteiger partial charge in [0.2, 0.25) is 12.7 Å². The number of anilines is 2. The smallest absolute Gasteiger partial charge is 0.231 e. The minimum atomic E-state index is 0. The van der Waals surface area contributed by atoms with E-state index in [4.69, 9.17) is 19.9 Å². The number of ether oxygens (including phenoxy) is 3. The molecule has 1 atom stereocenters. The summed E-state index contributed by atoms with van der Waals surface area (Å²) in [5, 5.41) is 12.6. The first-order valence-electron chi connectivity index (χ1n) is 9.70. The van der Waals surface area contributed by atoms with Gasteiger partial charge in [-0.05, 0) is 43.4 Å². The van der Waals surface area contributed by atoms with E-state index in [1.165, 1.54) is 5.56 Å². The Bertz CT molecular complexity index is 772. The van der Waals surface area contributed by atoms with E-state index in [0.29, 0.717) is 24.6 Å². The number of nitrogens with one attached hydrogen (secondary N) is 1. The lowest BCUT2D eigenvalue weighted by Crippen LogP contribution is -2.22. The third kappa shape index (κ3) is 6.57. The lowest BCUT2D eigenvalue weighted by Gasteiger charge is -2.19. The van der Waals surface area contributed by atoms with Crippen LogP contribution in [0.4, 0.5) is 11.8 Å². The van der Waals surface area contributed by atoms with Gasteiger partial charge in [-0.15, -0.1) is 0 Å². The summed E-state index contributed by atoms with van der Waals surface area (Å²) < 4.78 is 16.6. The number of nitrogens with two attached hydrogens (primary N) is 1. The normalized spacial score (nSPS) is 12.9. The summed E-state index contributed by atoms with van der Waals surface area (Å²) >= 11 is 0. The molecule has 9 heteroatoms. The van der Waals surface area contributed by atoms with Gasteiger partial charge in [0.05, 0.1) is 12.8 Å². The second-order valence-electron chi connectivity index (χ2n) is 6.72. The van der Waals surface area contributed by atoms with E-state index in [1.807, 2.05) is 18.2 Å². The number of aromatic nitrogens is 2. The molecule has 1 aliphatic rings. The summed E-state index contributed by atoms with van der Waals surface area (Å²) in [5.41, 5.74) is 6.91. The molecule has 0 spiro atoms. The molecule has 1 aromatic heterocycles. The van der Waals surface area contributed by atoms with Crippen LogP contribution >= 0.6 is 13.5 Å². The van der Waals surface area contributed by atoms with Crippen LogP contribution in [0.2, 0.25) is 0 Å². The van der Waals surface area contributed by atoms with Gasteiger partial charge in [-0.2, -0.15) is 18.5 Å². The van der Waals surface area contributed by atoms with Crippen molar-refractivity contribution in [2.75, 3.05) is 31.1 Å². The number of aliphatic hydroxyl groups is 1. The van der Waals surface area contributed by atoms with E-state index in [0.717, 1.165) is 37.2 Å². The number of hydrogen-bond donors (Lipinski definition) is 3. The van der Waals surface area contributed by atoms with Gasteiger partial charge in [-0.1, -0.05) is 19.4 Å². The Balaban J connectivity index is 0.00000300. The first-order chi connectivity index (χ1) is 13.7. The number of aryl methyl sites for hydroxylation is 1. The van der Waals surface area contributed by atoms with E-state index in [9.17, 15) is 5.11 Å². The number of fused-ring (bicyclic) bond motifs is 1. The summed E-state index contributed by atoms with van der Waals surface area (Å²) in [5.74, 6) is 2.91. The molecule has 0 amide bonds. The van der Waals surface area contributed by atoms with Gasteiger partial charge in [-0.3, -0.25) is 0 Å². The molecule has 1 aliphatic heterocycles. The van der Waals surface area contributed by atoms with Crippen molar-refractivity contribution in [1.29, 1.82) is 0 Å². The van der Waals surface area contributed by atoms with Crippen LogP contribution in [-0.2, 0) is 6.42 Å². The van der Waals surface area contributed by atoms with Gasteiger partial charge >= 0.3 is 0 Å². The molecule has 8 nitrogen and oxygen atoms in total. The standard InChI is InChI=1S/C20H28N4O4.H2S/c1-2-4-15(8-9-25)23-19-18(12-22-20(21)24-19)26-10-3-5-14-6-7-16-17(11-14)28-13-27-16;/h6-7,11-12,15,25H,2-5,8-10,13H2,1H3,(H3,21,22,23,24);1H2/t15-;/m0./s1. The molecule has 0 bridgehead atoms. The highest BCUT2D eigenvalue weighted by Crippen LogP contribution is 2.32. The van der Waals surface area contributed by atoms with Crippen molar-refractivity contribution in [3.05, 3.63) is 30.0 Å². The number of nitrogens with zero attached hydrogens (tertiary/aromatic N) is 2. The van der Waals surface area contributed by atoms with Crippen molar-refractivity contribution in [2.24, 2.45) is 0 Å². The largest absolute Gasteiger partial charge is 0.488 e. The van der Waals surface area contributed by atoms with E-state index in [2.05, 4.69) is 22.2 Å². The number of aliphatic hydroxyl groups excluding tert-OH is 1. The maximum absolute atomic E-state index is 9.26. The van der Waals surface area contributed by atoms with Gasteiger partial charge in [-0.25, -0.2) is 4.98 Å². The maximum atomic E-state index is 9.26.